The van der Waals surface area contributed by atoms with Gasteiger partial charge in [-0.25, -0.2) is 4.98 Å². The Hall–Kier alpha value is -4.01. The summed E-state index contributed by atoms with van der Waals surface area (Å²) in [6, 6.07) is 14.4. The van der Waals surface area contributed by atoms with Gasteiger partial charge in [0.25, 0.3) is 11.5 Å². The Balaban J connectivity index is 1.44. The average Bonchev–Trinajstić information content (AvgIpc) is 2.86. The lowest BCUT2D eigenvalue weighted by atomic mass is 10.1. The molecule has 0 spiro atoms. The van der Waals surface area contributed by atoms with Gasteiger partial charge >= 0.3 is 5.97 Å². The molecule has 1 aliphatic rings. The number of aryl methyl sites for hydroxylation is 2. The van der Waals surface area contributed by atoms with E-state index in [-0.39, 0.29) is 36.5 Å². The average molecular weight is 477 g/mol. The van der Waals surface area contributed by atoms with Crippen molar-refractivity contribution >= 4 is 40.2 Å². The standard InChI is InChI=1S/C26H28N4O5/c1-3-4-15-29-21-11-7-5-9-18(21)27-20(26(29)34)13-14-24(32)35-17(2)25(33)30-16-23(31)28-19-10-6-8-12-22(19)30/h5-12,17H,3-4,13-16H2,1-2H3,(H,28,31). The Morgan fingerprint density at radius 2 is 1.86 bits per heavy atom. The first-order valence-corrected chi connectivity index (χ1v) is 11.8. The van der Waals surface area contributed by atoms with E-state index in [4.69, 9.17) is 4.74 Å². The van der Waals surface area contributed by atoms with Crippen LogP contribution in [0.3, 0.4) is 0 Å². The van der Waals surface area contributed by atoms with Crippen LogP contribution in [-0.4, -0.2) is 40.0 Å². The molecule has 1 N–H and O–H groups in total. The van der Waals surface area contributed by atoms with Gasteiger partial charge < -0.3 is 14.6 Å². The van der Waals surface area contributed by atoms with Crippen molar-refractivity contribution in [3.8, 4) is 0 Å². The van der Waals surface area contributed by atoms with Gasteiger partial charge in [0.15, 0.2) is 6.10 Å². The number of rotatable bonds is 8. The zero-order chi connectivity index (χ0) is 24.9. The molecule has 35 heavy (non-hydrogen) atoms. The van der Waals surface area contributed by atoms with Crippen LogP contribution in [0.4, 0.5) is 11.4 Å². The number of esters is 1. The maximum atomic E-state index is 13.0. The number of unbranched alkanes of at least 4 members (excludes halogenated alkanes) is 1. The van der Waals surface area contributed by atoms with Crippen molar-refractivity contribution < 1.29 is 19.1 Å². The summed E-state index contributed by atoms with van der Waals surface area (Å²) in [4.78, 5) is 56.3. The van der Waals surface area contributed by atoms with Gasteiger partial charge in [-0.3, -0.25) is 24.1 Å². The fourth-order valence-corrected chi connectivity index (χ4v) is 4.12. The monoisotopic (exact) mass is 476 g/mol. The predicted molar refractivity (Wildman–Crippen MR) is 132 cm³/mol. The van der Waals surface area contributed by atoms with Gasteiger partial charge in [0.1, 0.15) is 12.2 Å². The summed E-state index contributed by atoms with van der Waals surface area (Å²) in [5, 5.41) is 2.72. The van der Waals surface area contributed by atoms with Crippen molar-refractivity contribution in [1.82, 2.24) is 9.55 Å². The molecule has 0 bridgehead atoms. The summed E-state index contributed by atoms with van der Waals surface area (Å²) < 4.78 is 7.07. The molecular formula is C26H28N4O5. The molecular weight excluding hydrogens is 448 g/mol. The van der Waals surface area contributed by atoms with E-state index in [0.29, 0.717) is 23.4 Å². The molecule has 1 unspecified atom stereocenters. The highest BCUT2D eigenvalue weighted by Gasteiger charge is 2.31. The Bertz CT molecular complexity index is 1330. The van der Waals surface area contributed by atoms with Crippen LogP contribution in [0.2, 0.25) is 0 Å². The van der Waals surface area contributed by atoms with Crippen LogP contribution in [0.25, 0.3) is 11.0 Å². The Labute approximate surface area is 202 Å². The van der Waals surface area contributed by atoms with E-state index >= 15 is 0 Å². The predicted octanol–water partition coefficient (Wildman–Crippen LogP) is 3.05. The quantitative estimate of drug-likeness (QED) is 0.501. The summed E-state index contributed by atoms with van der Waals surface area (Å²) in [6.45, 7) is 3.95. The lowest BCUT2D eigenvalue weighted by Gasteiger charge is -2.30. The first-order chi connectivity index (χ1) is 16.9. The maximum absolute atomic E-state index is 13.0. The van der Waals surface area contributed by atoms with Crippen molar-refractivity contribution in [1.29, 1.82) is 0 Å². The van der Waals surface area contributed by atoms with Gasteiger partial charge in [0.2, 0.25) is 5.91 Å². The number of nitrogens with one attached hydrogen (secondary N) is 1. The zero-order valence-electron chi connectivity index (χ0n) is 19.8. The molecule has 3 aromatic rings. The molecule has 0 radical (unpaired) electrons. The summed E-state index contributed by atoms with van der Waals surface area (Å²) in [6.07, 6.45) is 0.715. The second kappa shape index (κ2) is 10.5. The highest BCUT2D eigenvalue weighted by Crippen LogP contribution is 2.29. The zero-order valence-corrected chi connectivity index (χ0v) is 19.8. The number of nitrogens with zero attached hydrogens (tertiary/aromatic N) is 3. The second-order valence-corrected chi connectivity index (χ2v) is 8.48. The molecule has 0 aliphatic carbocycles. The Morgan fingerprint density at radius 1 is 1.11 bits per heavy atom. The van der Waals surface area contributed by atoms with E-state index in [2.05, 4.69) is 17.2 Å². The number of benzene rings is 2. The lowest BCUT2D eigenvalue weighted by Crippen LogP contribution is -2.47. The number of aromatic nitrogens is 2. The van der Waals surface area contributed by atoms with E-state index in [1.807, 2.05) is 24.3 Å². The number of amides is 2. The number of anilines is 2. The summed E-state index contributed by atoms with van der Waals surface area (Å²) in [5.41, 5.74) is 2.60. The molecule has 2 heterocycles. The minimum Gasteiger partial charge on any atom is -0.453 e. The van der Waals surface area contributed by atoms with Gasteiger partial charge in [0.05, 0.1) is 28.8 Å². The summed E-state index contributed by atoms with van der Waals surface area (Å²) in [7, 11) is 0. The van der Waals surface area contributed by atoms with Gasteiger partial charge in [0, 0.05) is 13.0 Å². The molecule has 1 atom stereocenters. The molecule has 9 nitrogen and oxygen atoms in total. The number of para-hydroxylation sites is 4. The molecule has 9 heteroatoms. The van der Waals surface area contributed by atoms with Crippen molar-refractivity contribution in [2.45, 2.75) is 52.2 Å². The van der Waals surface area contributed by atoms with Crippen LogP contribution in [0.5, 0.6) is 0 Å². The van der Waals surface area contributed by atoms with E-state index < -0.39 is 18.0 Å². The fourth-order valence-electron chi connectivity index (χ4n) is 4.12. The SMILES string of the molecule is CCCCn1c(=O)c(CCC(=O)OC(C)C(=O)N2CC(=O)Nc3ccccc32)nc2ccccc21. The van der Waals surface area contributed by atoms with Crippen molar-refractivity contribution in [2.75, 3.05) is 16.8 Å². The normalized spacial score (nSPS) is 13.8. The number of fused-ring (bicyclic) bond motifs is 2. The largest absolute Gasteiger partial charge is 0.453 e. The molecule has 182 valence electrons. The number of hydrogen-bond acceptors (Lipinski definition) is 6. The van der Waals surface area contributed by atoms with Crippen molar-refractivity contribution in [3.63, 3.8) is 0 Å². The van der Waals surface area contributed by atoms with Crippen LogP contribution in [0, 0.1) is 0 Å². The third-order valence-corrected chi connectivity index (χ3v) is 5.91. The molecule has 4 rings (SSSR count). The van der Waals surface area contributed by atoms with Crippen LogP contribution in [-0.2, 0) is 32.1 Å². The van der Waals surface area contributed by atoms with Gasteiger partial charge in [-0.05, 0) is 37.6 Å². The van der Waals surface area contributed by atoms with Crippen molar-refractivity contribution in [2.24, 2.45) is 0 Å². The van der Waals surface area contributed by atoms with Gasteiger partial charge in [-0.2, -0.15) is 0 Å². The van der Waals surface area contributed by atoms with Crippen LogP contribution >= 0.6 is 0 Å². The van der Waals surface area contributed by atoms with E-state index in [9.17, 15) is 19.2 Å². The van der Waals surface area contributed by atoms with E-state index in [1.165, 1.54) is 11.8 Å². The van der Waals surface area contributed by atoms with E-state index in [1.54, 1.807) is 28.8 Å². The van der Waals surface area contributed by atoms with Crippen molar-refractivity contribution in [3.05, 3.63) is 64.6 Å². The number of carbonyl (C=O) groups is 3. The van der Waals surface area contributed by atoms with Crippen LogP contribution in [0.15, 0.2) is 53.3 Å². The lowest BCUT2D eigenvalue weighted by molar-refractivity contribution is -0.153. The molecule has 0 saturated heterocycles. The van der Waals surface area contributed by atoms with Gasteiger partial charge in [-0.15, -0.1) is 0 Å². The topological polar surface area (TPSA) is 111 Å². The fraction of sp³-hybridized carbons (Fsp3) is 0.346. The minimum absolute atomic E-state index is 0.0942. The van der Waals surface area contributed by atoms with Gasteiger partial charge in [-0.1, -0.05) is 37.6 Å². The smallest absolute Gasteiger partial charge is 0.306 e. The highest BCUT2D eigenvalue weighted by atomic mass is 16.5. The summed E-state index contributed by atoms with van der Waals surface area (Å²) >= 11 is 0. The maximum Gasteiger partial charge on any atom is 0.306 e. The second-order valence-electron chi connectivity index (χ2n) is 8.48. The molecule has 0 saturated carbocycles. The number of carbonyl (C=O) groups excluding carboxylic acids is 3. The first kappa shape index (κ1) is 24.1. The Kier molecular flexibility index (Phi) is 7.24. The summed E-state index contributed by atoms with van der Waals surface area (Å²) in [5.74, 6) is -1.43. The minimum atomic E-state index is -1.09. The van der Waals surface area contributed by atoms with Crippen LogP contribution < -0.4 is 15.8 Å². The molecule has 1 aliphatic heterocycles. The van der Waals surface area contributed by atoms with Crippen LogP contribution in [0.1, 0.15) is 38.8 Å². The third kappa shape index (κ3) is 5.24. The Morgan fingerprint density at radius 3 is 2.66 bits per heavy atom. The number of ether oxygens (including phenoxy) is 1. The molecule has 2 aromatic carbocycles. The number of hydrogen-bond donors (Lipinski definition) is 1. The molecule has 0 fully saturated rings. The van der Waals surface area contributed by atoms with E-state index in [0.717, 1.165) is 18.4 Å². The molecule has 2 amide bonds. The highest BCUT2D eigenvalue weighted by molar-refractivity contribution is 6.11. The molecule has 1 aromatic heterocycles. The first-order valence-electron chi connectivity index (χ1n) is 11.8. The third-order valence-electron chi connectivity index (χ3n) is 5.91.